The van der Waals surface area contributed by atoms with Gasteiger partial charge in [-0.2, -0.15) is 0 Å². The molecule has 1 heterocycles. The molecule has 0 bridgehead atoms. The van der Waals surface area contributed by atoms with Crippen LogP contribution < -0.4 is 5.32 Å². The summed E-state index contributed by atoms with van der Waals surface area (Å²) in [6.07, 6.45) is 1.64. The average molecular weight is 347 g/mol. The Bertz CT molecular complexity index is 485. The third kappa shape index (κ3) is 4.59. The van der Waals surface area contributed by atoms with Crippen molar-refractivity contribution in [2.75, 3.05) is 33.9 Å². The number of hydrogen-bond donors (Lipinski definition) is 1. The first-order valence-corrected chi connectivity index (χ1v) is 7.65. The molecule has 1 aromatic rings. The summed E-state index contributed by atoms with van der Waals surface area (Å²) in [5.41, 5.74) is 0.646. The molecule has 1 saturated heterocycles. The van der Waals surface area contributed by atoms with Crippen molar-refractivity contribution in [2.24, 2.45) is 5.41 Å². The number of benzene rings is 1. The van der Waals surface area contributed by atoms with Gasteiger partial charge in [0.1, 0.15) is 0 Å². The smallest absolute Gasteiger partial charge is 0.231 e. The third-order valence-corrected chi connectivity index (χ3v) is 4.33. The Hall–Kier alpha value is -0.810. The number of amides is 1. The van der Waals surface area contributed by atoms with Crippen LogP contribution in [0.1, 0.15) is 18.4 Å². The van der Waals surface area contributed by atoms with Gasteiger partial charge in [0.15, 0.2) is 0 Å². The zero-order chi connectivity index (χ0) is 15.3. The molecule has 0 unspecified atom stereocenters. The maximum Gasteiger partial charge on any atom is 0.231 e. The lowest BCUT2D eigenvalue weighted by molar-refractivity contribution is -0.146. The van der Waals surface area contributed by atoms with Gasteiger partial charge in [-0.15, -0.1) is 12.4 Å². The maximum atomic E-state index is 12.9. The number of hydrogen-bond acceptors (Lipinski definition) is 3. The normalized spacial score (nSPS) is 16.7. The van der Waals surface area contributed by atoms with Crippen LogP contribution in [0.3, 0.4) is 0 Å². The molecular formula is C16H24Cl2N2O2. The Labute approximate surface area is 143 Å². The van der Waals surface area contributed by atoms with E-state index >= 15 is 0 Å². The Morgan fingerprint density at radius 2 is 2.09 bits per heavy atom. The summed E-state index contributed by atoms with van der Waals surface area (Å²) in [4.78, 5) is 14.7. The number of nitrogens with zero attached hydrogens (tertiary/aromatic N) is 1. The van der Waals surface area contributed by atoms with Crippen molar-refractivity contribution >= 4 is 29.9 Å². The molecule has 6 heteroatoms. The minimum atomic E-state index is -0.396. The lowest BCUT2D eigenvalue weighted by Gasteiger charge is -2.38. The molecule has 1 aliphatic heterocycles. The summed E-state index contributed by atoms with van der Waals surface area (Å²) in [5.74, 6) is 0.158. The molecule has 4 nitrogen and oxygen atoms in total. The van der Waals surface area contributed by atoms with Crippen LogP contribution in [0.5, 0.6) is 0 Å². The van der Waals surface area contributed by atoms with E-state index in [2.05, 4.69) is 5.32 Å². The van der Waals surface area contributed by atoms with Gasteiger partial charge in [-0.1, -0.05) is 23.7 Å². The molecule has 0 aliphatic carbocycles. The second-order valence-corrected chi connectivity index (χ2v) is 6.19. The summed E-state index contributed by atoms with van der Waals surface area (Å²) in [7, 11) is 3.51. The number of carbonyl (C=O) groups excluding carboxylic acids is 1. The largest absolute Gasteiger partial charge is 0.384 e. The van der Waals surface area contributed by atoms with Crippen molar-refractivity contribution in [3.63, 3.8) is 0 Å². The van der Waals surface area contributed by atoms with Crippen molar-refractivity contribution in [3.8, 4) is 0 Å². The molecule has 0 aromatic heterocycles. The van der Waals surface area contributed by atoms with E-state index in [-0.39, 0.29) is 18.3 Å². The van der Waals surface area contributed by atoms with Crippen molar-refractivity contribution in [2.45, 2.75) is 19.4 Å². The second kappa shape index (κ2) is 8.73. The molecule has 1 N–H and O–H groups in total. The van der Waals surface area contributed by atoms with Gasteiger partial charge in [-0.25, -0.2) is 0 Å². The molecule has 2 rings (SSSR count). The van der Waals surface area contributed by atoms with Gasteiger partial charge in [0.05, 0.1) is 12.0 Å². The number of piperidine rings is 1. The monoisotopic (exact) mass is 346 g/mol. The van der Waals surface area contributed by atoms with E-state index in [1.165, 1.54) is 0 Å². The highest BCUT2D eigenvalue weighted by molar-refractivity contribution is 6.30. The molecule has 0 saturated carbocycles. The number of nitrogens with one attached hydrogen (secondary N) is 1. The fourth-order valence-electron chi connectivity index (χ4n) is 2.99. The van der Waals surface area contributed by atoms with Crippen molar-refractivity contribution in [1.29, 1.82) is 0 Å². The van der Waals surface area contributed by atoms with Crippen LogP contribution in [0.15, 0.2) is 24.3 Å². The zero-order valence-electron chi connectivity index (χ0n) is 13.1. The molecule has 1 fully saturated rings. The van der Waals surface area contributed by atoms with E-state index in [4.69, 9.17) is 16.3 Å². The van der Waals surface area contributed by atoms with E-state index < -0.39 is 5.41 Å². The Kier molecular flexibility index (Phi) is 7.63. The molecule has 1 amide bonds. The van der Waals surface area contributed by atoms with Crippen molar-refractivity contribution < 1.29 is 9.53 Å². The number of carbonyl (C=O) groups is 1. The second-order valence-electron chi connectivity index (χ2n) is 5.75. The van der Waals surface area contributed by atoms with Crippen LogP contribution >= 0.6 is 24.0 Å². The van der Waals surface area contributed by atoms with Crippen LogP contribution in [-0.2, 0) is 16.1 Å². The van der Waals surface area contributed by atoms with E-state index in [1.54, 1.807) is 12.0 Å². The third-order valence-electron chi connectivity index (χ3n) is 4.09. The lowest BCUT2D eigenvalue weighted by atomic mass is 9.78. The first kappa shape index (κ1) is 19.2. The Morgan fingerprint density at radius 3 is 2.68 bits per heavy atom. The lowest BCUT2D eigenvalue weighted by Crippen LogP contribution is -2.50. The molecule has 1 aromatic carbocycles. The first-order chi connectivity index (χ1) is 10.1. The average Bonchev–Trinajstić information content (AvgIpc) is 2.47. The SMILES string of the molecule is COCC1(C(=O)N(C)Cc2cccc(Cl)c2)CCNCC1.Cl. The highest BCUT2D eigenvalue weighted by Gasteiger charge is 2.41. The van der Waals surface area contributed by atoms with E-state index in [9.17, 15) is 4.79 Å². The van der Waals surface area contributed by atoms with Gasteiger partial charge in [0.2, 0.25) is 5.91 Å². The molecule has 22 heavy (non-hydrogen) atoms. The summed E-state index contributed by atoms with van der Waals surface area (Å²) < 4.78 is 5.33. The topological polar surface area (TPSA) is 41.6 Å². The van der Waals surface area contributed by atoms with Crippen LogP contribution in [-0.4, -0.2) is 44.7 Å². The van der Waals surface area contributed by atoms with Crippen LogP contribution in [0.2, 0.25) is 5.02 Å². The van der Waals surface area contributed by atoms with E-state index in [0.29, 0.717) is 18.2 Å². The molecule has 0 spiro atoms. The van der Waals surface area contributed by atoms with Crippen molar-refractivity contribution in [1.82, 2.24) is 10.2 Å². The first-order valence-electron chi connectivity index (χ1n) is 7.27. The number of ether oxygens (including phenoxy) is 1. The van der Waals surface area contributed by atoms with Gasteiger partial charge < -0.3 is 15.0 Å². The summed E-state index contributed by atoms with van der Waals surface area (Å²) in [6, 6.07) is 7.63. The maximum absolute atomic E-state index is 12.9. The van der Waals surface area contributed by atoms with Gasteiger partial charge >= 0.3 is 0 Å². The molecule has 1 aliphatic rings. The highest BCUT2D eigenvalue weighted by Crippen LogP contribution is 2.31. The number of halogens is 2. The minimum absolute atomic E-state index is 0. The van der Waals surface area contributed by atoms with E-state index in [1.807, 2.05) is 31.3 Å². The molecular weight excluding hydrogens is 323 g/mol. The van der Waals surface area contributed by atoms with Gasteiger partial charge in [0.25, 0.3) is 0 Å². The summed E-state index contributed by atoms with van der Waals surface area (Å²) >= 11 is 6.00. The van der Waals surface area contributed by atoms with Gasteiger partial charge in [-0.05, 0) is 43.6 Å². The van der Waals surface area contributed by atoms with Crippen molar-refractivity contribution in [3.05, 3.63) is 34.9 Å². The molecule has 0 radical (unpaired) electrons. The van der Waals surface area contributed by atoms with Gasteiger partial charge in [-0.3, -0.25) is 4.79 Å². The fraction of sp³-hybridized carbons (Fsp3) is 0.562. The number of rotatable bonds is 5. The Morgan fingerprint density at radius 1 is 1.41 bits per heavy atom. The fourth-order valence-corrected chi connectivity index (χ4v) is 3.20. The number of methoxy groups -OCH3 is 1. The highest BCUT2D eigenvalue weighted by atomic mass is 35.5. The minimum Gasteiger partial charge on any atom is -0.384 e. The quantitative estimate of drug-likeness (QED) is 0.891. The predicted molar refractivity (Wildman–Crippen MR) is 91.6 cm³/mol. The van der Waals surface area contributed by atoms with Crippen LogP contribution in [0.4, 0.5) is 0 Å². The summed E-state index contributed by atoms with van der Waals surface area (Å²) in [6.45, 7) is 2.77. The summed E-state index contributed by atoms with van der Waals surface area (Å²) in [5, 5.41) is 4.00. The van der Waals surface area contributed by atoms with Gasteiger partial charge in [0, 0.05) is 25.7 Å². The molecule has 124 valence electrons. The standard InChI is InChI=1S/C16H23ClN2O2.ClH/c1-19(11-13-4-3-5-14(17)10-13)15(20)16(12-21-2)6-8-18-9-7-16;/h3-5,10,18H,6-9,11-12H2,1-2H3;1H. The molecule has 0 atom stereocenters. The Balaban J connectivity index is 0.00000242. The van der Waals surface area contributed by atoms with E-state index in [0.717, 1.165) is 31.5 Å². The predicted octanol–water partition coefficient (Wildman–Crippen LogP) is 2.74. The van der Waals surface area contributed by atoms with Crippen LogP contribution in [0, 0.1) is 5.41 Å². The van der Waals surface area contributed by atoms with Crippen LogP contribution in [0.25, 0.3) is 0 Å². The zero-order valence-corrected chi connectivity index (χ0v) is 14.7.